The van der Waals surface area contributed by atoms with Crippen molar-refractivity contribution in [2.75, 3.05) is 39.1 Å². The van der Waals surface area contributed by atoms with E-state index in [1.54, 1.807) is 60.7 Å². The number of hydrogen-bond acceptors (Lipinski definition) is 10. The fraction of sp³-hybridized carbons (Fsp3) is 0.190. The second-order valence-electron chi connectivity index (χ2n) is 12.0. The van der Waals surface area contributed by atoms with Crippen LogP contribution in [0.2, 0.25) is 0 Å². The van der Waals surface area contributed by atoms with Gasteiger partial charge in [0.1, 0.15) is 22.0 Å². The van der Waals surface area contributed by atoms with Crippen molar-refractivity contribution in [1.29, 1.82) is 0 Å². The van der Waals surface area contributed by atoms with E-state index in [0.29, 0.717) is 61.5 Å². The molecule has 0 aliphatic heterocycles. The van der Waals surface area contributed by atoms with Crippen LogP contribution in [0.4, 0.5) is 10.7 Å². The van der Waals surface area contributed by atoms with Crippen LogP contribution >= 0.6 is 23.1 Å². The van der Waals surface area contributed by atoms with Gasteiger partial charge in [0.15, 0.2) is 11.5 Å². The largest absolute Gasteiger partial charge is 0.496 e. The van der Waals surface area contributed by atoms with Gasteiger partial charge in [-0.25, -0.2) is 4.79 Å². The predicted molar refractivity (Wildman–Crippen MR) is 217 cm³/mol. The molecule has 5 aromatic rings. The van der Waals surface area contributed by atoms with Crippen molar-refractivity contribution in [3.05, 3.63) is 124 Å². The van der Waals surface area contributed by atoms with Crippen molar-refractivity contribution in [1.82, 2.24) is 5.32 Å². The Labute approximate surface area is 328 Å². The lowest BCUT2D eigenvalue weighted by Crippen LogP contribution is -2.30. The lowest BCUT2D eigenvalue weighted by Gasteiger charge is -2.16. The van der Waals surface area contributed by atoms with Crippen LogP contribution in [-0.2, 0) is 14.3 Å². The maximum absolute atomic E-state index is 13.9. The van der Waals surface area contributed by atoms with Gasteiger partial charge in [0.2, 0.25) is 5.91 Å². The molecule has 5 rings (SSSR count). The van der Waals surface area contributed by atoms with Crippen LogP contribution in [0.3, 0.4) is 0 Å². The monoisotopic (exact) mass is 779 g/mol. The summed E-state index contributed by atoms with van der Waals surface area (Å²) in [6.07, 6.45) is 1.97. The second kappa shape index (κ2) is 18.8. The number of carbonyl (C=O) groups excluding carboxylic acids is 4. The molecule has 0 spiro atoms. The first-order chi connectivity index (χ1) is 26.6. The number of hydrogen-bond donors (Lipinski definition) is 3. The Bertz CT molecular complexity index is 2200. The zero-order valence-corrected chi connectivity index (χ0v) is 32.8. The van der Waals surface area contributed by atoms with Gasteiger partial charge in [-0.15, -0.1) is 23.1 Å². The molecule has 1 heterocycles. The molecule has 1 aromatic heterocycles. The molecule has 0 aliphatic rings. The Balaban J connectivity index is 1.38. The third kappa shape index (κ3) is 9.93. The number of esters is 1. The van der Waals surface area contributed by atoms with Crippen molar-refractivity contribution >= 4 is 63.6 Å². The van der Waals surface area contributed by atoms with E-state index in [1.165, 1.54) is 57.6 Å². The minimum atomic E-state index is -0.606. The van der Waals surface area contributed by atoms with Crippen LogP contribution in [0.1, 0.15) is 45.2 Å². The molecule has 0 saturated carbocycles. The Morgan fingerprint density at radius 2 is 1.49 bits per heavy atom. The molecule has 13 heteroatoms. The summed E-state index contributed by atoms with van der Waals surface area (Å²) in [6, 6.07) is 26.6. The normalized spacial score (nSPS) is 11.6. The molecule has 3 amide bonds. The van der Waals surface area contributed by atoms with Crippen molar-refractivity contribution in [2.45, 2.75) is 30.4 Å². The van der Waals surface area contributed by atoms with E-state index in [0.717, 1.165) is 11.1 Å². The number of thioether (sulfide) groups is 1. The Hall–Kier alpha value is -6.05. The molecule has 55 heavy (non-hydrogen) atoms. The van der Waals surface area contributed by atoms with Crippen molar-refractivity contribution in [3.8, 4) is 28.4 Å². The Morgan fingerprint density at radius 3 is 2.15 bits per heavy atom. The summed E-state index contributed by atoms with van der Waals surface area (Å²) in [5, 5.41) is 10.3. The van der Waals surface area contributed by atoms with E-state index >= 15 is 0 Å². The quantitative estimate of drug-likeness (QED) is 0.0542. The highest BCUT2D eigenvalue weighted by molar-refractivity contribution is 8.00. The molecule has 0 radical (unpaired) electrons. The minimum Gasteiger partial charge on any atom is -0.496 e. The first kappa shape index (κ1) is 40.1. The Morgan fingerprint density at radius 1 is 0.800 bits per heavy atom. The van der Waals surface area contributed by atoms with E-state index in [1.807, 2.05) is 49.6 Å². The number of rotatable bonds is 15. The van der Waals surface area contributed by atoms with Crippen LogP contribution < -0.4 is 30.2 Å². The number of thiophene rings is 1. The minimum absolute atomic E-state index is 0.0643. The number of ether oxygens (including phenoxy) is 4. The summed E-state index contributed by atoms with van der Waals surface area (Å²) in [4.78, 5) is 54.5. The average Bonchev–Trinajstić information content (AvgIpc) is 3.62. The zero-order valence-electron chi connectivity index (χ0n) is 31.2. The highest BCUT2D eigenvalue weighted by Crippen LogP contribution is 2.38. The third-order valence-electron chi connectivity index (χ3n) is 8.38. The fourth-order valence-corrected chi connectivity index (χ4v) is 7.46. The predicted octanol–water partition coefficient (Wildman–Crippen LogP) is 8.45. The molecule has 0 fully saturated rings. The summed E-state index contributed by atoms with van der Waals surface area (Å²) in [5.74, 6) is -0.728. The standard InChI is InChI=1S/C42H41N3O8S2/c1-7-36(40(48)45-41-37(42(49)53-6)31(24-54-41)26-18-16-25(2)17-19-26)55-30-15-11-14-29(22-30)43-39(47)32(44-38(46)27-12-9-8-10-13-27)20-28-21-34(51-4)35(52-5)23-33(28)50-3/h8-24,36H,7H2,1-6H3,(H,43,47)(H,44,46)(H,45,48)/b32-20+. The number of methoxy groups -OCH3 is 4. The lowest BCUT2D eigenvalue weighted by atomic mass is 10.0. The second-order valence-corrected chi connectivity index (χ2v) is 14.2. The van der Waals surface area contributed by atoms with Gasteiger partial charge < -0.3 is 34.9 Å². The van der Waals surface area contributed by atoms with Crippen molar-refractivity contribution < 1.29 is 38.1 Å². The van der Waals surface area contributed by atoms with Crippen LogP contribution in [0.5, 0.6) is 17.2 Å². The zero-order chi connectivity index (χ0) is 39.5. The highest BCUT2D eigenvalue weighted by Gasteiger charge is 2.26. The van der Waals surface area contributed by atoms with Crippen molar-refractivity contribution in [3.63, 3.8) is 0 Å². The smallest absolute Gasteiger partial charge is 0.341 e. The molecule has 0 bridgehead atoms. The van der Waals surface area contributed by atoms with E-state index in [-0.39, 0.29) is 11.6 Å². The van der Waals surface area contributed by atoms with Crippen molar-refractivity contribution in [2.24, 2.45) is 0 Å². The van der Waals surface area contributed by atoms with Crippen LogP contribution in [0.15, 0.2) is 107 Å². The molecular weight excluding hydrogens is 739 g/mol. The van der Waals surface area contributed by atoms with Crippen LogP contribution in [-0.4, -0.2) is 57.4 Å². The number of anilines is 2. The summed E-state index contributed by atoms with van der Waals surface area (Å²) in [7, 11) is 5.78. The number of amides is 3. The SMILES string of the molecule is CCC(Sc1cccc(NC(=O)/C(=C\c2cc(OC)c(OC)cc2OC)NC(=O)c2ccccc2)c1)C(=O)Nc1scc(-c2ccc(C)cc2)c1C(=O)OC. The van der Waals surface area contributed by atoms with Crippen LogP contribution in [0.25, 0.3) is 17.2 Å². The van der Waals surface area contributed by atoms with Gasteiger partial charge in [-0.1, -0.05) is 61.0 Å². The molecule has 0 aliphatic carbocycles. The topological polar surface area (TPSA) is 141 Å². The van der Waals surface area contributed by atoms with Crippen LogP contribution in [0, 0.1) is 6.92 Å². The van der Waals surface area contributed by atoms with Gasteiger partial charge in [0.05, 0.1) is 33.7 Å². The van der Waals surface area contributed by atoms with Gasteiger partial charge in [-0.05, 0) is 61.4 Å². The van der Waals surface area contributed by atoms with Gasteiger partial charge in [0, 0.05) is 38.7 Å². The van der Waals surface area contributed by atoms with E-state index in [2.05, 4.69) is 16.0 Å². The molecular formula is C42H41N3O8S2. The molecule has 1 atom stereocenters. The number of benzene rings is 4. The Kier molecular flexibility index (Phi) is 13.7. The summed E-state index contributed by atoms with van der Waals surface area (Å²) in [5.41, 5.74) is 4.06. The fourth-order valence-electron chi connectivity index (χ4n) is 5.49. The number of nitrogens with one attached hydrogen (secondary N) is 3. The van der Waals surface area contributed by atoms with Gasteiger partial charge in [0.25, 0.3) is 11.8 Å². The van der Waals surface area contributed by atoms with Gasteiger partial charge >= 0.3 is 5.97 Å². The molecule has 3 N–H and O–H groups in total. The molecule has 11 nitrogen and oxygen atoms in total. The molecule has 284 valence electrons. The maximum Gasteiger partial charge on any atom is 0.341 e. The van der Waals surface area contributed by atoms with E-state index in [9.17, 15) is 19.2 Å². The molecule has 4 aromatic carbocycles. The first-order valence-electron chi connectivity index (χ1n) is 17.1. The van der Waals surface area contributed by atoms with E-state index in [4.69, 9.17) is 18.9 Å². The number of aryl methyl sites for hydroxylation is 1. The average molecular weight is 780 g/mol. The third-order valence-corrected chi connectivity index (χ3v) is 10.6. The molecule has 1 unspecified atom stereocenters. The maximum atomic E-state index is 13.9. The summed E-state index contributed by atoms with van der Waals surface area (Å²) >= 11 is 2.57. The van der Waals surface area contributed by atoms with Gasteiger partial charge in [-0.3, -0.25) is 14.4 Å². The summed E-state index contributed by atoms with van der Waals surface area (Å²) < 4.78 is 21.5. The van der Waals surface area contributed by atoms with E-state index < -0.39 is 23.0 Å². The number of carbonyl (C=O) groups is 4. The lowest BCUT2D eigenvalue weighted by molar-refractivity contribution is -0.116. The highest BCUT2D eigenvalue weighted by atomic mass is 32.2. The van der Waals surface area contributed by atoms with Gasteiger partial charge in [-0.2, -0.15) is 0 Å². The first-order valence-corrected chi connectivity index (χ1v) is 18.9. The summed E-state index contributed by atoms with van der Waals surface area (Å²) in [6.45, 7) is 3.88. The molecule has 0 saturated heterocycles.